The predicted molar refractivity (Wildman–Crippen MR) is 184 cm³/mol. The van der Waals surface area contributed by atoms with Gasteiger partial charge in [0.25, 0.3) is 0 Å². The number of esters is 2. The van der Waals surface area contributed by atoms with Gasteiger partial charge in [0.05, 0.1) is 6.61 Å². The second-order valence-electron chi connectivity index (χ2n) is 11.2. The number of rotatable bonds is 30. The third-order valence-electron chi connectivity index (χ3n) is 6.86. The molecule has 0 aliphatic rings. The summed E-state index contributed by atoms with van der Waals surface area (Å²) in [4.78, 5) is 42.5. The Kier molecular flexibility index (Phi) is 30.1. The number of phosphoric ester groups is 1. The molecule has 0 saturated carbocycles. The molecule has 0 aliphatic heterocycles. The maximum absolute atomic E-state index is 12.3. The first-order chi connectivity index (χ1) is 21.8. The van der Waals surface area contributed by atoms with Gasteiger partial charge in [-0.15, -0.1) is 0 Å². The van der Waals surface area contributed by atoms with Gasteiger partial charge in [-0.25, -0.2) is 4.57 Å². The molecule has 9 heteroatoms. The van der Waals surface area contributed by atoms with E-state index in [1.54, 1.807) is 0 Å². The fourth-order valence-corrected chi connectivity index (χ4v) is 4.68. The van der Waals surface area contributed by atoms with E-state index in [4.69, 9.17) is 19.3 Å². The van der Waals surface area contributed by atoms with Crippen LogP contribution in [0.1, 0.15) is 136 Å². The standard InChI is InChI=1S/C36H61O8P/c1-3-5-7-9-11-13-15-17-19-20-22-24-26-28-30-35(37)42-32-34(33-43-45(39,40)41)44-36(38)31-29-27-25-23-21-18-16-14-12-10-8-6-4-2/h6,8,10,12,14,16,18-21,34H,3-5,7,9,11,13,15,17,22-33H2,1-2H3,(H2,39,40,41)/b8-6+,12-10+,16-14+,20-19+,21-18+. The van der Waals surface area contributed by atoms with Crippen LogP contribution in [0, 0.1) is 0 Å². The Balaban J connectivity index is 4.12. The molecule has 0 aromatic rings. The highest BCUT2D eigenvalue weighted by Crippen LogP contribution is 2.35. The van der Waals surface area contributed by atoms with E-state index in [0.717, 1.165) is 51.4 Å². The number of allylic oxidation sites excluding steroid dienone is 10. The summed E-state index contributed by atoms with van der Waals surface area (Å²) in [5.74, 6) is -0.957. The van der Waals surface area contributed by atoms with Gasteiger partial charge in [0.15, 0.2) is 6.10 Å². The van der Waals surface area contributed by atoms with Crippen LogP contribution in [-0.4, -0.2) is 41.0 Å². The summed E-state index contributed by atoms with van der Waals surface area (Å²) in [6.45, 7) is 3.46. The van der Waals surface area contributed by atoms with Gasteiger partial charge in [-0.1, -0.05) is 126 Å². The molecule has 0 saturated heterocycles. The molecule has 0 bridgehead atoms. The van der Waals surface area contributed by atoms with Crippen LogP contribution in [0.3, 0.4) is 0 Å². The van der Waals surface area contributed by atoms with E-state index in [2.05, 4.69) is 42.7 Å². The van der Waals surface area contributed by atoms with Crippen molar-refractivity contribution in [3.8, 4) is 0 Å². The molecule has 0 aromatic heterocycles. The van der Waals surface area contributed by atoms with Crippen LogP contribution in [-0.2, 0) is 28.2 Å². The van der Waals surface area contributed by atoms with Gasteiger partial charge in [0.1, 0.15) is 6.61 Å². The quantitative estimate of drug-likeness (QED) is 0.0259. The molecule has 0 aliphatic carbocycles. The molecular formula is C36H61O8P. The monoisotopic (exact) mass is 652 g/mol. The minimum Gasteiger partial charge on any atom is -0.462 e. The van der Waals surface area contributed by atoms with Gasteiger partial charge in [-0.3, -0.25) is 14.1 Å². The van der Waals surface area contributed by atoms with Gasteiger partial charge in [-0.05, 0) is 57.8 Å². The van der Waals surface area contributed by atoms with Crippen LogP contribution >= 0.6 is 7.82 Å². The summed E-state index contributed by atoms with van der Waals surface area (Å²) in [7, 11) is -4.76. The zero-order valence-corrected chi connectivity index (χ0v) is 28.9. The van der Waals surface area contributed by atoms with Crippen molar-refractivity contribution >= 4 is 19.8 Å². The fraction of sp³-hybridized carbons (Fsp3) is 0.667. The molecule has 0 spiro atoms. The highest BCUT2D eigenvalue weighted by molar-refractivity contribution is 7.46. The van der Waals surface area contributed by atoms with Crippen LogP contribution in [0.15, 0.2) is 60.8 Å². The van der Waals surface area contributed by atoms with Gasteiger partial charge in [0, 0.05) is 12.8 Å². The van der Waals surface area contributed by atoms with E-state index >= 15 is 0 Å². The predicted octanol–water partition coefficient (Wildman–Crippen LogP) is 9.78. The number of phosphoric acid groups is 1. The fourth-order valence-electron chi connectivity index (χ4n) is 4.32. The molecule has 0 radical (unpaired) electrons. The van der Waals surface area contributed by atoms with E-state index in [0.29, 0.717) is 12.8 Å². The highest BCUT2D eigenvalue weighted by atomic mass is 31.2. The lowest BCUT2D eigenvalue weighted by atomic mass is 10.1. The zero-order chi connectivity index (χ0) is 33.3. The lowest BCUT2D eigenvalue weighted by Gasteiger charge is -2.18. The lowest BCUT2D eigenvalue weighted by Crippen LogP contribution is -2.29. The molecule has 2 N–H and O–H groups in total. The number of ether oxygens (including phenoxy) is 2. The van der Waals surface area contributed by atoms with Crippen LogP contribution in [0.25, 0.3) is 0 Å². The summed E-state index contributed by atoms with van der Waals surface area (Å²) >= 11 is 0. The van der Waals surface area contributed by atoms with E-state index in [1.165, 1.54) is 44.9 Å². The molecule has 0 fully saturated rings. The van der Waals surface area contributed by atoms with Crippen molar-refractivity contribution in [3.05, 3.63) is 60.8 Å². The van der Waals surface area contributed by atoms with Gasteiger partial charge in [-0.2, -0.15) is 0 Å². The minimum absolute atomic E-state index is 0.160. The van der Waals surface area contributed by atoms with Crippen molar-refractivity contribution in [1.29, 1.82) is 0 Å². The van der Waals surface area contributed by atoms with E-state index in [9.17, 15) is 14.2 Å². The Bertz CT molecular complexity index is 916. The number of carbonyl (C=O) groups excluding carboxylic acids is 2. The minimum atomic E-state index is -4.76. The van der Waals surface area contributed by atoms with Crippen molar-refractivity contribution < 1.29 is 37.9 Å². The lowest BCUT2D eigenvalue weighted by molar-refractivity contribution is -0.161. The molecule has 0 amide bonds. The number of hydrogen-bond donors (Lipinski definition) is 2. The van der Waals surface area contributed by atoms with Gasteiger partial charge in [0.2, 0.25) is 0 Å². The maximum Gasteiger partial charge on any atom is 0.469 e. The van der Waals surface area contributed by atoms with Crippen molar-refractivity contribution in [2.45, 2.75) is 142 Å². The van der Waals surface area contributed by atoms with Crippen LogP contribution in [0.2, 0.25) is 0 Å². The second-order valence-corrected chi connectivity index (χ2v) is 12.4. The van der Waals surface area contributed by atoms with Crippen LogP contribution in [0.4, 0.5) is 0 Å². The SMILES string of the molecule is CC/C=C/C=C/C=C/C=C/CCCCCC(=O)OC(COC(=O)CCCCC/C=C/CCCCCCCCC)COP(=O)(O)O. The summed E-state index contributed by atoms with van der Waals surface area (Å²) in [6.07, 6.45) is 38.0. The van der Waals surface area contributed by atoms with Crippen LogP contribution < -0.4 is 0 Å². The van der Waals surface area contributed by atoms with Crippen molar-refractivity contribution in [3.63, 3.8) is 0 Å². The highest BCUT2D eigenvalue weighted by Gasteiger charge is 2.22. The molecule has 0 heterocycles. The topological polar surface area (TPSA) is 119 Å². The Morgan fingerprint density at radius 3 is 1.67 bits per heavy atom. The largest absolute Gasteiger partial charge is 0.469 e. The number of unbranched alkanes of at least 4 members (excludes halogenated alkanes) is 13. The number of carbonyl (C=O) groups is 2. The van der Waals surface area contributed by atoms with Crippen molar-refractivity contribution in [2.24, 2.45) is 0 Å². The first kappa shape index (κ1) is 42.8. The number of hydrogen-bond acceptors (Lipinski definition) is 6. The van der Waals surface area contributed by atoms with Gasteiger partial charge >= 0.3 is 19.8 Å². The van der Waals surface area contributed by atoms with Crippen LogP contribution in [0.5, 0.6) is 0 Å². The van der Waals surface area contributed by atoms with E-state index in [1.807, 2.05) is 36.5 Å². The van der Waals surface area contributed by atoms with E-state index in [-0.39, 0.29) is 19.4 Å². The molecular weight excluding hydrogens is 591 g/mol. The Morgan fingerprint density at radius 1 is 0.600 bits per heavy atom. The third kappa shape index (κ3) is 34.5. The first-order valence-corrected chi connectivity index (χ1v) is 18.7. The Labute approximate surface area is 273 Å². The van der Waals surface area contributed by atoms with Crippen molar-refractivity contribution in [2.75, 3.05) is 13.2 Å². The third-order valence-corrected chi connectivity index (χ3v) is 7.35. The summed E-state index contributed by atoms with van der Waals surface area (Å²) < 4.78 is 26.2. The smallest absolute Gasteiger partial charge is 0.462 e. The first-order valence-electron chi connectivity index (χ1n) is 17.1. The Hall–Kier alpha value is -2.25. The average Bonchev–Trinajstić information content (AvgIpc) is 3.00. The maximum atomic E-state index is 12.3. The molecule has 0 rings (SSSR count). The summed E-state index contributed by atoms with van der Waals surface area (Å²) in [6, 6.07) is 0. The molecule has 1 atom stereocenters. The molecule has 258 valence electrons. The summed E-state index contributed by atoms with van der Waals surface area (Å²) in [5, 5.41) is 0. The average molecular weight is 653 g/mol. The second kappa shape index (κ2) is 31.7. The molecule has 1 unspecified atom stereocenters. The van der Waals surface area contributed by atoms with E-state index < -0.39 is 32.5 Å². The van der Waals surface area contributed by atoms with Gasteiger partial charge < -0.3 is 19.3 Å². The molecule has 8 nitrogen and oxygen atoms in total. The Morgan fingerprint density at radius 2 is 1.09 bits per heavy atom. The summed E-state index contributed by atoms with van der Waals surface area (Å²) in [5.41, 5.74) is 0. The van der Waals surface area contributed by atoms with Crippen molar-refractivity contribution in [1.82, 2.24) is 0 Å². The normalized spacial score (nSPS) is 13.2. The molecule has 45 heavy (non-hydrogen) atoms. The zero-order valence-electron chi connectivity index (χ0n) is 28.0. The molecule has 0 aromatic carbocycles.